The maximum absolute atomic E-state index is 12.9. The molecule has 0 aliphatic carbocycles. The number of hydrogen-bond donors (Lipinski definition) is 2. The molecule has 1 aromatic heterocycles. The van der Waals surface area contributed by atoms with Crippen molar-refractivity contribution in [3.63, 3.8) is 0 Å². The number of benzene rings is 2. The molecule has 0 fully saturated rings. The Balaban J connectivity index is 1.84. The van der Waals surface area contributed by atoms with Gasteiger partial charge in [-0.25, -0.2) is 0 Å². The van der Waals surface area contributed by atoms with Crippen LogP contribution in [0.25, 0.3) is 0 Å². The van der Waals surface area contributed by atoms with Crippen molar-refractivity contribution in [1.29, 1.82) is 0 Å². The van der Waals surface area contributed by atoms with Crippen LogP contribution in [0.4, 0.5) is 11.4 Å². The monoisotopic (exact) mass is 482 g/mol. The second kappa shape index (κ2) is 9.72. The molecule has 0 saturated heterocycles. The van der Waals surface area contributed by atoms with Crippen molar-refractivity contribution >= 4 is 41.1 Å². The fraction of sp³-hybridized carbons (Fsp3) is 0.261. The molecule has 0 spiro atoms. The van der Waals surface area contributed by atoms with E-state index in [1.54, 1.807) is 23.9 Å². The molecule has 2 aromatic carbocycles. The van der Waals surface area contributed by atoms with E-state index >= 15 is 0 Å². The van der Waals surface area contributed by atoms with Crippen molar-refractivity contribution in [2.24, 2.45) is 4.99 Å². The SMILES string of the molecule is CCCCn1c(O)c(C2=Nc3ccccc3SC(c3ccc([N+](=O)[O-])cc3)C2)c(=O)[nH]c1=S. The summed E-state index contributed by atoms with van der Waals surface area (Å²) >= 11 is 6.84. The number of aromatic amines is 1. The van der Waals surface area contributed by atoms with E-state index in [-0.39, 0.29) is 27.2 Å². The summed E-state index contributed by atoms with van der Waals surface area (Å²) in [6.45, 7) is 2.51. The van der Waals surface area contributed by atoms with Crippen LogP contribution in [-0.4, -0.2) is 25.3 Å². The van der Waals surface area contributed by atoms with Gasteiger partial charge in [0.25, 0.3) is 11.2 Å². The number of non-ortho nitro benzene ring substituents is 1. The molecule has 4 rings (SSSR count). The van der Waals surface area contributed by atoms with Gasteiger partial charge < -0.3 is 5.11 Å². The maximum Gasteiger partial charge on any atom is 0.269 e. The lowest BCUT2D eigenvalue weighted by atomic mass is 10.0. The van der Waals surface area contributed by atoms with Crippen LogP contribution in [0.2, 0.25) is 0 Å². The number of aliphatic imine (C=N–C) groups is 1. The molecule has 3 aromatic rings. The minimum atomic E-state index is -0.490. The molecule has 2 N–H and O–H groups in total. The van der Waals surface area contributed by atoms with E-state index in [0.717, 1.165) is 23.3 Å². The van der Waals surface area contributed by atoms with Crippen LogP contribution in [0.15, 0.2) is 63.2 Å². The molecule has 0 amide bonds. The normalized spacial score (nSPS) is 15.4. The summed E-state index contributed by atoms with van der Waals surface area (Å²) in [5, 5.41) is 21.9. The third kappa shape index (κ3) is 4.76. The highest BCUT2D eigenvalue weighted by Crippen LogP contribution is 2.46. The van der Waals surface area contributed by atoms with Crippen molar-refractivity contribution in [2.45, 2.75) is 42.9 Å². The molecule has 170 valence electrons. The number of nitro benzene ring substituents is 1. The van der Waals surface area contributed by atoms with Gasteiger partial charge in [0.2, 0.25) is 5.88 Å². The molecular formula is C23H22N4O4S2. The van der Waals surface area contributed by atoms with E-state index in [4.69, 9.17) is 17.2 Å². The first kappa shape index (κ1) is 22.9. The van der Waals surface area contributed by atoms with Gasteiger partial charge in [-0.1, -0.05) is 37.6 Å². The molecule has 0 saturated carbocycles. The van der Waals surface area contributed by atoms with Gasteiger partial charge in [-0.2, -0.15) is 0 Å². The molecule has 0 radical (unpaired) electrons. The van der Waals surface area contributed by atoms with Crippen LogP contribution >= 0.6 is 24.0 Å². The Morgan fingerprint density at radius 2 is 2.00 bits per heavy atom. The van der Waals surface area contributed by atoms with E-state index in [2.05, 4.69) is 4.98 Å². The van der Waals surface area contributed by atoms with Gasteiger partial charge in [0.05, 0.1) is 16.3 Å². The van der Waals surface area contributed by atoms with Gasteiger partial charge in [-0.3, -0.25) is 29.5 Å². The first-order valence-corrected chi connectivity index (χ1v) is 11.8. The van der Waals surface area contributed by atoms with Gasteiger partial charge in [-0.15, -0.1) is 11.8 Å². The van der Waals surface area contributed by atoms with Gasteiger partial charge in [0.1, 0.15) is 5.56 Å². The third-order valence-electron chi connectivity index (χ3n) is 5.44. The predicted octanol–water partition coefficient (Wildman–Crippen LogP) is 5.68. The van der Waals surface area contributed by atoms with Crippen LogP contribution in [0.3, 0.4) is 0 Å². The smallest absolute Gasteiger partial charge is 0.269 e. The van der Waals surface area contributed by atoms with Crippen LogP contribution in [-0.2, 0) is 6.54 Å². The molecule has 0 bridgehead atoms. The van der Waals surface area contributed by atoms with Crippen molar-refractivity contribution in [1.82, 2.24) is 9.55 Å². The van der Waals surface area contributed by atoms with E-state index in [1.165, 1.54) is 16.7 Å². The number of H-pyrrole nitrogens is 1. The summed E-state index contributed by atoms with van der Waals surface area (Å²) in [5.41, 5.74) is 1.63. The quantitative estimate of drug-likeness (QED) is 0.266. The highest BCUT2D eigenvalue weighted by atomic mass is 32.2. The number of hydrogen-bond acceptors (Lipinski definition) is 7. The first-order valence-electron chi connectivity index (χ1n) is 10.5. The predicted molar refractivity (Wildman–Crippen MR) is 131 cm³/mol. The van der Waals surface area contributed by atoms with E-state index in [9.17, 15) is 20.0 Å². The lowest BCUT2D eigenvalue weighted by Gasteiger charge is -2.17. The van der Waals surface area contributed by atoms with Crippen LogP contribution < -0.4 is 5.56 Å². The minimum absolute atomic E-state index is 0.0127. The second-order valence-corrected chi connectivity index (χ2v) is 9.28. The van der Waals surface area contributed by atoms with Crippen molar-refractivity contribution < 1.29 is 10.0 Å². The number of rotatable bonds is 6. The summed E-state index contributed by atoms with van der Waals surface area (Å²) in [6.07, 6.45) is 2.05. The van der Waals surface area contributed by atoms with Crippen molar-refractivity contribution in [3.05, 3.63) is 84.9 Å². The van der Waals surface area contributed by atoms with Crippen LogP contribution in [0, 0.1) is 14.9 Å². The first-order chi connectivity index (χ1) is 15.9. The Kier molecular flexibility index (Phi) is 6.75. The van der Waals surface area contributed by atoms with Gasteiger partial charge in [-0.05, 0) is 36.3 Å². The standard InChI is InChI=1S/C23H22N4O4S2/c1-2-3-12-26-22(29)20(21(28)25-23(26)32)17-13-19(14-8-10-15(11-9-14)27(30)31)33-18-7-5-4-6-16(18)24-17/h4-11,19,29H,2-3,12-13H2,1H3,(H,25,28,32). The molecule has 1 aliphatic rings. The Hall–Kier alpha value is -3.24. The fourth-order valence-corrected chi connectivity index (χ4v) is 5.21. The highest BCUT2D eigenvalue weighted by Gasteiger charge is 2.27. The zero-order valence-electron chi connectivity index (χ0n) is 17.9. The van der Waals surface area contributed by atoms with Gasteiger partial charge in [0.15, 0.2) is 4.77 Å². The average Bonchev–Trinajstić information content (AvgIpc) is 2.98. The van der Waals surface area contributed by atoms with Crippen LogP contribution in [0.1, 0.15) is 42.6 Å². The van der Waals surface area contributed by atoms with E-state index in [1.807, 2.05) is 31.2 Å². The Morgan fingerprint density at radius 1 is 1.27 bits per heavy atom. The number of thioether (sulfide) groups is 1. The van der Waals surface area contributed by atoms with Gasteiger partial charge >= 0.3 is 0 Å². The molecular weight excluding hydrogens is 460 g/mol. The minimum Gasteiger partial charge on any atom is -0.494 e. The van der Waals surface area contributed by atoms with Crippen molar-refractivity contribution in [2.75, 3.05) is 0 Å². The molecule has 33 heavy (non-hydrogen) atoms. The maximum atomic E-state index is 12.9. The molecule has 1 atom stereocenters. The van der Waals surface area contributed by atoms with E-state index < -0.39 is 10.5 Å². The highest BCUT2D eigenvalue weighted by molar-refractivity contribution is 7.99. The molecule has 1 unspecified atom stereocenters. The molecule has 2 heterocycles. The zero-order chi connectivity index (χ0) is 23.5. The number of para-hydroxylation sites is 1. The van der Waals surface area contributed by atoms with Crippen LogP contribution in [0.5, 0.6) is 5.88 Å². The van der Waals surface area contributed by atoms with Gasteiger partial charge in [0, 0.05) is 35.2 Å². The topological polar surface area (TPSA) is 114 Å². The molecule has 8 nitrogen and oxygen atoms in total. The number of fused-ring (bicyclic) bond motifs is 1. The number of nitro groups is 1. The molecule has 1 aliphatic heterocycles. The summed E-state index contributed by atoms with van der Waals surface area (Å²) in [7, 11) is 0. The Bertz CT molecular complexity index is 1350. The summed E-state index contributed by atoms with van der Waals surface area (Å²) in [5.74, 6) is -0.192. The lowest BCUT2D eigenvalue weighted by molar-refractivity contribution is -0.384. The summed E-state index contributed by atoms with van der Waals surface area (Å²) in [6, 6.07) is 14.0. The number of unbranched alkanes of at least 4 members (excludes halogenated alkanes) is 1. The second-order valence-electron chi connectivity index (χ2n) is 7.65. The van der Waals surface area contributed by atoms with Crippen molar-refractivity contribution in [3.8, 4) is 5.88 Å². The largest absolute Gasteiger partial charge is 0.494 e. The fourth-order valence-electron chi connectivity index (χ4n) is 3.71. The number of nitrogens with zero attached hydrogens (tertiary/aromatic N) is 3. The number of nitrogens with one attached hydrogen (secondary N) is 1. The van der Waals surface area contributed by atoms with E-state index in [0.29, 0.717) is 24.4 Å². The number of aromatic nitrogens is 2. The summed E-state index contributed by atoms with van der Waals surface area (Å²) < 4.78 is 1.70. The average molecular weight is 483 g/mol. The Morgan fingerprint density at radius 3 is 2.70 bits per heavy atom. The zero-order valence-corrected chi connectivity index (χ0v) is 19.5. The Labute approximate surface area is 199 Å². The third-order valence-corrected chi connectivity index (χ3v) is 7.09. The lowest BCUT2D eigenvalue weighted by Crippen LogP contribution is -2.24. The number of aromatic hydroxyl groups is 1. The summed E-state index contributed by atoms with van der Waals surface area (Å²) in [4.78, 5) is 31.9. The molecule has 10 heteroatoms.